The van der Waals surface area contributed by atoms with Crippen LogP contribution in [0.5, 0.6) is 0 Å². The van der Waals surface area contributed by atoms with Crippen LogP contribution in [0, 0.1) is 0 Å². The summed E-state index contributed by atoms with van der Waals surface area (Å²) in [5, 5.41) is 9.47. The highest BCUT2D eigenvalue weighted by atomic mass is 16.6. The van der Waals surface area contributed by atoms with Crippen molar-refractivity contribution in [3.05, 3.63) is 30.5 Å². The van der Waals surface area contributed by atoms with Crippen LogP contribution in [0.2, 0.25) is 0 Å². The second-order valence-corrected chi connectivity index (χ2v) is 4.57. The third-order valence-electron chi connectivity index (χ3n) is 2.28. The lowest BCUT2D eigenvalue weighted by molar-refractivity contribution is -0.140. The molecule has 1 unspecified atom stereocenters. The molecule has 128 valence electrons. The average Bonchev–Trinajstić information content (AvgIpc) is 2.51. The van der Waals surface area contributed by atoms with E-state index in [4.69, 9.17) is 14.2 Å². The van der Waals surface area contributed by atoms with E-state index in [2.05, 4.69) is 25.8 Å². The van der Waals surface area contributed by atoms with E-state index >= 15 is 0 Å². The van der Waals surface area contributed by atoms with E-state index < -0.39 is 12.1 Å². The molecule has 0 aromatic carbocycles. The Morgan fingerprint density at radius 1 is 1.27 bits per heavy atom. The third-order valence-corrected chi connectivity index (χ3v) is 2.28. The first-order valence-corrected chi connectivity index (χ1v) is 7.46. The van der Waals surface area contributed by atoms with Crippen molar-refractivity contribution in [1.82, 2.24) is 0 Å². The van der Waals surface area contributed by atoms with Gasteiger partial charge in [0.25, 0.3) is 0 Å². The predicted octanol–water partition coefficient (Wildman–Crippen LogP) is 2.65. The summed E-state index contributed by atoms with van der Waals surface area (Å²) in [6.07, 6.45) is 3.18. The summed E-state index contributed by atoms with van der Waals surface area (Å²) in [6, 6.07) is 0. The van der Waals surface area contributed by atoms with Crippen LogP contribution >= 0.6 is 0 Å². The molecular weight excluding hydrogens is 284 g/mol. The molecular formula is C17H30O5. The molecule has 0 fully saturated rings. The van der Waals surface area contributed by atoms with Crippen molar-refractivity contribution in [3.8, 4) is 0 Å². The number of carbonyl (C=O) groups excluding carboxylic acids is 1. The van der Waals surface area contributed by atoms with Gasteiger partial charge in [-0.05, 0) is 26.3 Å². The number of hydrogen-bond acceptors (Lipinski definition) is 5. The van der Waals surface area contributed by atoms with Crippen molar-refractivity contribution in [3.63, 3.8) is 0 Å². The van der Waals surface area contributed by atoms with Crippen LogP contribution in [-0.4, -0.2) is 50.2 Å². The lowest BCUT2D eigenvalue weighted by Gasteiger charge is -2.11. The zero-order valence-electron chi connectivity index (χ0n) is 14.1. The number of allylic oxidation sites excluding steroid dienone is 1. The molecule has 1 N–H and O–H groups in total. The van der Waals surface area contributed by atoms with Crippen LogP contribution < -0.4 is 0 Å². The van der Waals surface area contributed by atoms with Gasteiger partial charge in [0.15, 0.2) is 0 Å². The molecule has 1 atom stereocenters. The summed E-state index contributed by atoms with van der Waals surface area (Å²) in [7, 11) is 0. The zero-order valence-corrected chi connectivity index (χ0v) is 14.1. The van der Waals surface area contributed by atoms with Gasteiger partial charge in [-0.3, -0.25) is 0 Å². The fourth-order valence-electron chi connectivity index (χ4n) is 1.05. The van der Waals surface area contributed by atoms with Gasteiger partial charge in [0.1, 0.15) is 12.7 Å². The van der Waals surface area contributed by atoms with Crippen molar-refractivity contribution in [2.75, 3.05) is 33.0 Å². The van der Waals surface area contributed by atoms with Gasteiger partial charge < -0.3 is 19.3 Å². The standard InChI is InChI=1S/C13H24O5.C4H6/c1-4-5-6-16-9-12(14)10-17-7-8-18-13(15)11(2)3;1-3-4-2/h12,14H,2,4-10H2,1,3H3;4H,1H2,2H3. The van der Waals surface area contributed by atoms with Crippen molar-refractivity contribution in [1.29, 1.82) is 0 Å². The van der Waals surface area contributed by atoms with E-state index in [0.717, 1.165) is 12.8 Å². The minimum atomic E-state index is -0.640. The maximum absolute atomic E-state index is 11.0. The first-order valence-electron chi connectivity index (χ1n) is 7.46. The lowest BCUT2D eigenvalue weighted by Crippen LogP contribution is -2.23. The van der Waals surface area contributed by atoms with E-state index in [1.807, 2.05) is 6.92 Å². The molecule has 22 heavy (non-hydrogen) atoms. The molecule has 0 saturated carbocycles. The fraction of sp³-hybridized carbons (Fsp3) is 0.647. The Balaban J connectivity index is 0. The zero-order chi connectivity index (χ0) is 17.2. The topological polar surface area (TPSA) is 65.0 Å². The molecule has 0 aliphatic carbocycles. The number of hydrogen-bond donors (Lipinski definition) is 1. The number of aliphatic hydroxyl groups is 1. The van der Waals surface area contributed by atoms with Gasteiger partial charge in [-0.25, -0.2) is 4.79 Å². The largest absolute Gasteiger partial charge is 0.460 e. The monoisotopic (exact) mass is 314 g/mol. The van der Waals surface area contributed by atoms with Crippen LogP contribution in [0.15, 0.2) is 30.5 Å². The molecule has 0 spiro atoms. The first-order chi connectivity index (χ1) is 10.5. The molecule has 0 heterocycles. The number of rotatable bonds is 11. The lowest BCUT2D eigenvalue weighted by atomic mass is 10.3. The third kappa shape index (κ3) is 18.6. The van der Waals surface area contributed by atoms with E-state index in [0.29, 0.717) is 12.2 Å². The van der Waals surface area contributed by atoms with E-state index in [9.17, 15) is 9.90 Å². The normalized spacial score (nSPS) is 10.7. The molecule has 0 rings (SSSR count). The van der Waals surface area contributed by atoms with Crippen molar-refractivity contribution in [2.45, 2.75) is 39.7 Å². The summed E-state index contributed by atoms with van der Waals surface area (Å²) in [4.78, 5) is 11.0. The van der Waals surface area contributed by atoms with Gasteiger partial charge >= 0.3 is 5.97 Å². The highest BCUT2D eigenvalue weighted by Crippen LogP contribution is 1.94. The predicted molar refractivity (Wildman–Crippen MR) is 87.7 cm³/mol. The molecule has 0 aliphatic heterocycles. The number of aliphatic hydroxyl groups excluding tert-OH is 1. The minimum absolute atomic E-state index is 0.162. The second-order valence-electron chi connectivity index (χ2n) is 4.57. The van der Waals surface area contributed by atoms with Crippen molar-refractivity contribution >= 4 is 5.97 Å². The van der Waals surface area contributed by atoms with Crippen LogP contribution in [-0.2, 0) is 19.0 Å². The quantitative estimate of drug-likeness (QED) is 0.275. The summed E-state index contributed by atoms with van der Waals surface area (Å²) in [6.45, 7) is 13.8. The number of unbranched alkanes of at least 4 members (excludes halogenated alkanes) is 1. The second kappa shape index (κ2) is 17.7. The number of ether oxygens (including phenoxy) is 3. The van der Waals surface area contributed by atoms with E-state index in [-0.39, 0.29) is 26.4 Å². The average molecular weight is 314 g/mol. The number of esters is 1. The van der Waals surface area contributed by atoms with Crippen molar-refractivity contribution in [2.24, 2.45) is 0 Å². The maximum Gasteiger partial charge on any atom is 0.333 e. The maximum atomic E-state index is 11.0. The molecule has 0 aromatic heterocycles. The fourth-order valence-corrected chi connectivity index (χ4v) is 1.05. The Morgan fingerprint density at radius 3 is 2.27 bits per heavy atom. The Bertz CT molecular complexity index is 332. The Labute approximate surface area is 134 Å². The highest BCUT2D eigenvalue weighted by Gasteiger charge is 2.05. The molecule has 5 heteroatoms. The van der Waals surface area contributed by atoms with Gasteiger partial charge in [-0.2, -0.15) is 0 Å². The summed E-state index contributed by atoms with van der Waals surface area (Å²) in [5.41, 5.74) is 2.92. The molecule has 0 radical (unpaired) electrons. The molecule has 0 aliphatic rings. The van der Waals surface area contributed by atoms with E-state index in [1.165, 1.54) is 0 Å². The van der Waals surface area contributed by atoms with Crippen molar-refractivity contribution < 1.29 is 24.1 Å². The van der Waals surface area contributed by atoms with Crippen LogP contribution in [0.4, 0.5) is 0 Å². The molecule has 5 nitrogen and oxygen atoms in total. The van der Waals surface area contributed by atoms with Gasteiger partial charge in [0.05, 0.1) is 19.8 Å². The summed E-state index contributed by atoms with van der Waals surface area (Å²) >= 11 is 0. The molecule has 0 amide bonds. The smallest absolute Gasteiger partial charge is 0.333 e. The Kier molecular flexibility index (Phi) is 18.4. The van der Waals surface area contributed by atoms with Crippen LogP contribution in [0.25, 0.3) is 0 Å². The summed E-state index contributed by atoms with van der Waals surface area (Å²) in [5.74, 6) is -0.429. The molecule has 0 saturated heterocycles. The Hall–Kier alpha value is -1.39. The first kappa shape index (κ1) is 22.9. The Morgan fingerprint density at radius 2 is 1.82 bits per heavy atom. The minimum Gasteiger partial charge on any atom is -0.460 e. The molecule has 0 bridgehead atoms. The van der Waals surface area contributed by atoms with Gasteiger partial charge in [-0.15, -0.1) is 5.73 Å². The van der Waals surface area contributed by atoms with Gasteiger partial charge in [0.2, 0.25) is 0 Å². The molecule has 0 aromatic rings. The van der Waals surface area contributed by atoms with Crippen LogP contribution in [0.1, 0.15) is 33.6 Å². The van der Waals surface area contributed by atoms with Gasteiger partial charge in [-0.1, -0.05) is 26.5 Å². The highest BCUT2D eigenvalue weighted by molar-refractivity contribution is 5.86. The van der Waals surface area contributed by atoms with E-state index in [1.54, 1.807) is 13.0 Å². The number of carbonyl (C=O) groups is 1. The van der Waals surface area contributed by atoms with Gasteiger partial charge in [0, 0.05) is 12.2 Å². The van der Waals surface area contributed by atoms with Crippen LogP contribution in [0.3, 0.4) is 0 Å². The SMILES string of the molecule is C=C(C)C(=O)OCCOCC(O)COCCCC.C=C=CC. The summed E-state index contributed by atoms with van der Waals surface area (Å²) < 4.78 is 15.2.